The summed E-state index contributed by atoms with van der Waals surface area (Å²) >= 11 is 0. The Bertz CT molecular complexity index is 750. The lowest BCUT2D eigenvalue weighted by Crippen LogP contribution is -1.98. The number of carbonyl (C=O) groups excluding carboxylic acids is 2. The molecule has 0 saturated carbocycles. The lowest BCUT2D eigenvalue weighted by Gasteiger charge is -2.12. The van der Waals surface area contributed by atoms with Crippen LogP contribution in [0.3, 0.4) is 0 Å². The molecule has 0 radical (unpaired) electrons. The van der Waals surface area contributed by atoms with E-state index in [9.17, 15) is 19.7 Å². The van der Waals surface area contributed by atoms with Crippen molar-refractivity contribution in [3.05, 3.63) is 39.7 Å². The first-order chi connectivity index (χ1) is 10.6. The van der Waals surface area contributed by atoms with E-state index in [1.165, 1.54) is 26.4 Å². The van der Waals surface area contributed by atoms with Gasteiger partial charge in [-0.1, -0.05) is 0 Å². The van der Waals surface area contributed by atoms with E-state index >= 15 is 0 Å². The quantitative estimate of drug-likeness (QED) is 0.497. The maximum atomic E-state index is 11.1. The molecule has 1 N–H and O–H groups in total. The molecule has 0 unspecified atom stereocenters. The highest BCUT2D eigenvalue weighted by Gasteiger charge is 2.25. The Kier molecular flexibility index (Phi) is 4.21. The fourth-order valence-corrected chi connectivity index (χ4v) is 2.16. The van der Waals surface area contributed by atoms with E-state index in [0.717, 1.165) is 6.20 Å². The second kappa shape index (κ2) is 6.08. The Morgan fingerprint density at radius 1 is 1.14 bits per heavy atom. The number of aldehydes is 2. The molecule has 0 bridgehead atoms. The van der Waals surface area contributed by atoms with Gasteiger partial charge in [-0.15, -0.1) is 0 Å². The number of nitrogens with zero attached hydrogens (tertiary/aromatic N) is 1. The van der Waals surface area contributed by atoms with Crippen molar-refractivity contribution in [1.82, 2.24) is 4.98 Å². The average molecular weight is 304 g/mol. The second-order valence-electron chi connectivity index (χ2n) is 4.25. The number of rotatable bonds is 6. The summed E-state index contributed by atoms with van der Waals surface area (Å²) in [4.78, 5) is 35.3. The third-order valence-corrected chi connectivity index (χ3v) is 3.15. The van der Waals surface area contributed by atoms with Crippen molar-refractivity contribution in [1.29, 1.82) is 0 Å². The van der Waals surface area contributed by atoms with Gasteiger partial charge < -0.3 is 14.5 Å². The van der Waals surface area contributed by atoms with Gasteiger partial charge in [-0.05, 0) is 6.07 Å². The largest absolute Gasteiger partial charge is 0.496 e. The minimum Gasteiger partial charge on any atom is -0.496 e. The zero-order chi connectivity index (χ0) is 16.3. The van der Waals surface area contributed by atoms with Crippen molar-refractivity contribution >= 4 is 18.3 Å². The van der Waals surface area contributed by atoms with Gasteiger partial charge in [0.25, 0.3) is 5.69 Å². The van der Waals surface area contributed by atoms with Gasteiger partial charge in [-0.3, -0.25) is 19.7 Å². The summed E-state index contributed by atoms with van der Waals surface area (Å²) in [5.74, 6) is 0.509. The Morgan fingerprint density at radius 3 is 2.32 bits per heavy atom. The highest BCUT2D eigenvalue weighted by Crippen LogP contribution is 2.41. The van der Waals surface area contributed by atoms with E-state index in [1.54, 1.807) is 0 Å². The van der Waals surface area contributed by atoms with Crippen LogP contribution in [0.25, 0.3) is 11.1 Å². The molecule has 1 aromatic carbocycles. The van der Waals surface area contributed by atoms with Gasteiger partial charge in [0, 0.05) is 11.6 Å². The molecule has 0 amide bonds. The number of aromatic nitrogens is 1. The summed E-state index contributed by atoms with van der Waals surface area (Å²) < 4.78 is 10.3. The third kappa shape index (κ3) is 2.41. The predicted octanol–water partition coefficient (Wildman–Crippen LogP) is 2.23. The predicted molar refractivity (Wildman–Crippen MR) is 76.8 cm³/mol. The molecule has 0 aliphatic heterocycles. The molecule has 1 aromatic heterocycles. The summed E-state index contributed by atoms with van der Waals surface area (Å²) in [7, 11) is 2.76. The minimum absolute atomic E-state index is 0.0204. The maximum absolute atomic E-state index is 11.1. The molecule has 0 spiro atoms. The number of hydrogen-bond acceptors (Lipinski definition) is 6. The van der Waals surface area contributed by atoms with Gasteiger partial charge >= 0.3 is 0 Å². The van der Waals surface area contributed by atoms with Gasteiger partial charge in [0.05, 0.1) is 42.2 Å². The van der Waals surface area contributed by atoms with Gasteiger partial charge in [-0.2, -0.15) is 0 Å². The van der Waals surface area contributed by atoms with Crippen LogP contribution >= 0.6 is 0 Å². The molecule has 0 atom stereocenters. The number of methoxy groups -OCH3 is 2. The molecule has 0 aliphatic carbocycles. The van der Waals surface area contributed by atoms with Crippen LogP contribution in [-0.4, -0.2) is 36.7 Å². The van der Waals surface area contributed by atoms with Crippen molar-refractivity contribution in [3.63, 3.8) is 0 Å². The Morgan fingerprint density at radius 2 is 1.82 bits per heavy atom. The zero-order valence-electron chi connectivity index (χ0n) is 11.8. The van der Waals surface area contributed by atoms with Crippen LogP contribution in [0.2, 0.25) is 0 Å². The minimum atomic E-state index is -0.622. The van der Waals surface area contributed by atoms with E-state index in [1.807, 2.05) is 0 Å². The van der Waals surface area contributed by atoms with Gasteiger partial charge in [0.15, 0.2) is 12.6 Å². The second-order valence-corrected chi connectivity index (χ2v) is 4.25. The topological polar surface area (TPSA) is 112 Å². The van der Waals surface area contributed by atoms with Crippen LogP contribution in [0.5, 0.6) is 11.5 Å². The van der Waals surface area contributed by atoms with Crippen molar-refractivity contribution < 1.29 is 24.0 Å². The van der Waals surface area contributed by atoms with Crippen LogP contribution in [0, 0.1) is 10.1 Å². The Labute approximate surface area is 124 Å². The molecule has 1 heterocycles. The smallest absolute Gasteiger partial charge is 0.295 e. The zero-order valence-corrected chi connectivity index (χ0v) is 11.8. The SMILES string of the molecule is COc1cc(OC)c(-c2c([N+](=O)[O-])c[nH]c2C=O)cc1C=O. The van der Waals surface area contributed by atoms with Crippen LogP contribution in [0.15, 0.2) is 18.3 Å². The maximum Gasteiger partial charge on any atom is 0.295 e. The fraction of sp³-hybridized carbons (Fsp3) is 0.143. The monoisotopic (exact) mass is 304 g/mol. The lowest BCUT2D eigenvalue weighted by molar-refractivity contribution is -0.384. The molecule has 2 rings (SSSR count). The Hall–Kier alpha value is -3.16. The standard InChI is InChI=1S/C14H12N2O6/c1-21-12-4-13(22-2)9(3-8(12)6-17)14-10(7-18)15-5-11(14)16(19)20/h3-7,15H,1-2H3. The van der Waals surface area contributed by atoms with Gasteiger partial charge in [0.2, 0.25) is 0 Å². The number of hydrogen-bond donors (Lipinski definition) is 1. The number of H-pyrrole nitrogens is 1. The molecular weight excluding hydrogens is 292 g/mol. The number of nitrogens with one attached hydrogen (secondary N) is 1. The normalized spacial score (nSPS) is 10.1. The van der Waals surface area contributed by atoms with Crippen molar-refractivity contribution in [3.8, 4) is 22.6 Å². The van der Waals surface area contributed by atoms with Crippen molar-refractivity contribution in [2.24, 2.45) is 0 Å². The lowest BCUT2D eigenvalue weighted by atomic mass is 10.0. The molecule has 8 nitrogen and oxygen atoms in total. The van der Waals surface area contributed by atoms with E-state index < -0.39 is 4.92 Å². The first-order valence-electron chi connectivity index (χ1n) is 6.09. The Balaban J connectivity index is 2.81. The van der Waals surface area contributed by atoms with Crippen LogP contribution in [-0.2, 0) is 0 Å². The molecule has 0 saturated heterocycles. The van der Waals surface area contributed by atoms with Crippen molar-refractivity contribution in [2.45, 2.75) is 0 Å². The molecule has 114 valence electrons. The summed E-state index contributed by atoms with van der Waals surface area (Å²) in [5, 5.41) is 11.1. The van der Waals surface area contributed by atoms with E-state index in [4.69, 9.17) is 9.47 Å². The molecule has 0 aliphatic rings. The number of aromatic amines is 1. The highest BCUT2D eigenvalue weighted by molar-refractivity contribution is 5.95. The highest BCUT2D eigenvalue weighted by atomic mass is 16.6. The van der Waals surface area contributed by atoms with Crippen LogP contribution in [0.1, 0.15) is 20.8 Å². The molecular formula is C14H12N2O6. The summed E-state index contributed by atoms with van der Waals surface area (Å²) in [6.45, 7) is 0. The van der Waals surface area contributed by atoms with E-state index in [0.29, 0.717) is 12.6 Å². The first kappa shape index (κ1) is 15.2. The number of nitro groups is 1. The van der Waals surface area contributed by atoms with E-state index in [2.05, 4.69) is 4.98 Å². The first-order valence-corrected chi connectivity index (χ1v) is 6.09. The average Bonchev–Trinajstić information content (AvgIpc) is 2.97. The molecule has 2 aromatic rings. The van der Waals surface area contributed by atoms with E-state index in [-0.39, 0.29) is 39.6 Å². The summed E-state index contributed by atoms with van der Waals surface area (Å²) in [6.07, 6.45) is 2.14. The summed E-state index contributed by atoms with van der Waals surface area (Å²) in [5.41, 5.74) is 0.225. The van der Waals surface area contributed by atoms with Crippen LogP contribution in [0.4, 0.5) is 5.69 Å². The number of ether oxygens (including phenoxy) is 2. The fourth-order valence-electron chi connectivity index (χ4n) is 2.16. The molecule has 8 heteroatoms. The van der Waals surface area contributed by atoms with Crippen LogP contribution < -0.4 is 9.47 Å². The van der Waals surface area contributed by atoms with Gasteiger partial charge in [-0.25, -0.2) is 0 Å². The van der Waals surface area contributed by atoms with Gasteiger partial charge in [0.1, 0.15) is 11.5 Å². The molecule has 22 heavy (non-hydrogen) atoms. The number of benzene rings is 1. The molecule has 0 fully saturated rings. The summed E-state index contributed by atoms with van der Waals surface area (Å²) in [6, 6.07) is 2.82. The third-order valence-electron chi connectivity index (χ3n) is 3.15. The number of carbonyl (C=O) groups is 2. The van der Waals surface area contributed by atoms with Crippen molar-refractivity contribution in [2.75, 3.05) is 14.2 Å².